The van der Waals surface area contributed by atoms with Gasteiger partial charge >= 0.3 is 0 Å². The second kappa shape index (κ2) is 11.8. The summed E-state index contributed by atoms with van der Waals surface area (Å²) in [6.07, 6.45) is 1.54. The van der Waals surface area contributed by atoms with Crippen molar-refractivity contribution in [2.75, 3.05) is 19.0 Å². The number of carbonyl (C=O) groups excluding carboxylic acids is 4. The molecule has 3 aromatic rings. The summed E-state index contributed by atoms with van der Waals surface area (Å²) in [4.78, 5) is 48.2. The highest BCUT2D eigenvalue weighted by Crippen LogP contribution is 2.14. The summed E-state index contributed by atoms with van der Waals surface area (Å²) < 4.78 is 5.10. The second-order valence-electron chi connectivity index (χ2n) is 7.24. The molecule has 3 N–H and O–H groups in total. The lowest BCUT2D eigenvalue weighted by molar-refractivity contribution is -0.303. The van der Waals surface area contributed by atoms with E-state index < -0.39 is 30.2 Å². The SMILES string of the molecule is COc1ccc(C(=O)N/C(=C/c2ccccc2)C(=O)Nc2ccc(C(=O)NCC(=O)[O-])cc2)cc1. The molecule has 0 bridgehead atoms. The number of amides is 3. The van der Waals surface area contributed by atoms with Crippen LogP contribution in [-0.4, -0.2) is 37.3 Å². The fraction of sp³-hybridized carbons (Fsp3) is 0.0769. The predicted molar refractivity (Wildman–Crippen MR) is 127 cm³/mol. The van der Waals surface area contributed by atoms with Crippen LogP contribution in [0.15, 0.2) is 84.6 Å². The van der Waals surface area contributed by atoms with Crippen molar-refractivity contribution < 1.29 is 29.0 Å². The quantitative estimate of drug-likeness (QED) is 0.405. The highest BCUT2D eigenvalue weighted by Gasteiger charge is 2.16. The maximum Gasteiger partial charge on any atom is 0.272 e. The van der Waals surface area contributed by atoms with Crippen LogP contribution in [0, 0.1) is 0 Å². The number of hydrogen-bond donors (Lipinski definition) is 3. The van der Waals surface area contributed by atoms with Crippen LogP contribution in [0.3, 0.4) is 0 Å². The molecule has 35 heavy (non-hydrogen) atoms. The Morgan fingerprint density at radius 2 is 1.43 bits per heavy atom. The molecule has 0 atom stereocenters. The van der Waals surface area contributed by atoms with E-state index >= 15 is 0 Å². The van der Waals surface area contributed by atoms with Gasteiger partial charge in [-0.1, -0.05) is 30.3 Å². The summed E-state index contributed by atoms with van der Waals surface area (Å²) in [5.74, 6) is -2.47. The minimum Gasteiger partial charge on any atom is -0.548 e. The van der Waals surface area contributed by atoms with Gasteiger partial charge in [0, 0.05) is 16.8 Å². The van der Waals surface area contributed by atoms with Crippen LogP contribution in [0.2, 0.25) is 0 Å². The monoisotopic (exact) mass is 472 g/mol. The number of benzene rings is 3. The fourth-order valence-electron chi connectivity index (χ4n) is 2.97. The van der Waals surface area contributed by atoms with Crippen LogP contribution in [0.4, 0.5) is 5.69 Å². The molecule has 0 saturated heterocycles. The average Bonchev–Trinajstić information content (AvgIpc) is 2.87. The van der Waals surface area contributed by atoms with E-state index in [1.807, 2.05) is 6.07 Å². The van der Waals surface area contributed by atoms with E-state index in [0.29, 0.717) is 22.6 Å². The number of carboxylic acid groups (broad SMARTS) is 1. The molecule has 3 aromatic carbocycles. The summed E-state index contributed by atoms with van der Waals surface area (Å²) in [5, 5.41) is 18.0. The molecule has 0 aromatic heterocycles. The molecule has 0 spiro atoms. The molecular formula is C26H22N3O6-. The predicted octanol–water partition coefficient (Wildman–Crippen LogP) is 1.58. The van der Waals surface area contributed by atoms with Crippen LogP contribution >= 0.6 is 0 Å². The zero-order chi connectivity index (χ0) is 25.2. The van der Waals surface area contributed by atoms with Gasteiger partial charge < -0.3 is 30.6 Å². The average molecular weight is 472 g/mol. The van der Waals surface area contributed by atoms with Crippen molar-refractivity contribution in [3.63, 3.8) is 0 Å². The number of carboxylic acids is 1. The maximum absolute atomic E-state index is 13.0. The van der Waals surface area contributed by atoms with Gasteiger partial charge in [-0.25, -0.2) is 0 Å². The van der Waals surface area contributed by atoms with Crippen molar-refractivity contribution in [3.8, 4) is 5.75 Å². The number of ether oxygens (including phenoxy) is 1. The Balaban J connectivity index is 1.76. The summed E-state index contributed by atoms with van der Waals surface area (Å²) in [7, 11) is 1.52. The smallest absolute Gasteiger partial charge is 0.272 e. The maximum atomic E-state index is 13.0. The summed E-state index contributed by atoms with van der Waals surface area (Å²) in [5.41, 5.74) is 1.62. The Kier molecular flexibility index (Phi) is 8.33. The van der Waals surface area contributed by atoms with Gasteiger partial charge in [0.1, 0.15) is 11.4 Å². The van der Waals surface area contributed by atoms with E-state index in [1.54, 1.807) is 54.6 Å². The minimum atomic E-state index is -1.41. The molecule has 9 nitrogen and oxygen atoms in total. The lowest BCUT2D eigenvalue weighted by Gasteiger charge is -2.12. The highest BCUT2D eigenvalue weighted by molar-refractivity contribution is 6.10. The van der Waals surface area contributed by atoms with E-state index in [-0.39, 0.29) is 11.3 Å². The first-order valence-corrected chi connectivity index (χ1v) is 10.5. The zero-order valence-corrected chi connectivity index (χ0v) is 18.7. The highest BCUT2D eigenvalue weighted by atomic mass is 16.5. The summed E-state index contributed by atoms with van der Waals surface area (Å²) in [6, 6.07) is 21.3. The van der Waals surface area contributed by atoms with Gasteiger partial charge in [0.25, 0.3) is 17.7 Å². The first-order chi connectivity index (χ1) is 16.9. The van der Waals surface area contributed by atoms with Crippen molar-refractivity contribution >= 4 is 35.5 Å². The van der Waals surface area contributed by atoms with Gasteiger partial charge in [0.15, 0.2) is 0 Å². The molecule has 0 aliphatic heterocycles. The zero-order valence-electron chi connectivity index (χ0n) is 18.7. The molecule has 178 valence electrons. The summed E-state index contributed by atoms with van der Waals surface area (Å²) >= 11 is 0. The molecule has 9 heteroatoms. The number of rotatable bonds is 9. The number of hydrogen-bond acceptors (Lipinski definition) is 6. The van der Waals surface area contributed by atoms with Crippen LogP contribution < -0.4 is 25.8 Å². The molecule has 0 radical (unpaired) electrons. The van der Waals surface area contributed by atoms with Gasteiger partial charge in [-0.2, -0.15) is 0 Å². The lowest BCUT2D eigenvalue weighted by atomic mass is 10.1. The lowest BCUT2D eigenvalue weighted by Crippen LogP contribution is -2.37. The molecular weight excluding hydrogens is 450 g/mol. The van der Waals surface area contributed by atoms with E-state index in [0.717, 1.165) is 0 Å². The van der Waals surface area contributed by atoms with Crippen LogP contribution in [-0.2, 0) is 9.59 Å². The molecule has 0 fully saturated rings. The standard InChI is InChI=1S/C26H23N3O6/c1-35-21-13-9-19(10-14-21)25(33)29-22(15-17-5-3-2-4-6-17)26(34)28-20-11-7-18(8-12-20)24(32)27-16-23(30)31/h2-15H,16H2,1H3,(H,27,32)(H,28,34)(H,29,33)(H,30,31)/p-1/b22-15+. The Morgan fingerprint density at radius 1 is 0.829 bits per heavy atom. The molecule has 3 rings (SSSR count). The molecule has 0 aliphatic rings. The normalized spacial score (nSPS) is 10.7. The number of anilines is 1. The van der Waals surface area contributed by atoms with Crippen molar-refractivity contribution in [2.24, 2.45) is 0 Å². The summed E-state index contributed by atoms with van der Waals surface area (Å²) in [6.45, 7) is -0.612. The largest absolute Gasteiger partial charge is 0.548 e. The van der Waals surface area contributed by atoms with Gasteiger partial charge in [-0.3, -0.25) is 14.4 Å². The molecule has 0 heterocycles. The van der Waals surface area contributed by atoms with Gasteiger partial charge in [0.05, 0.1) is 19.6 Å². The van der Waals surface area contributed by atoms with Crippen LogP contribution in [0.5, 0.6) is 5.75 Å². The second-order valence-corrected chi connectivity index (χ2v) is 7.24. The molecule has 0 unspecified atom stereocenters. The van der Waals surface area contributed by atoms with Crippen molar-refractivity contribution in [1.29, 1.82) is 0 Å². The number of nitrogens with one attached hydrogen (secondary N) is 3. The minimum absolute atomic E-state index is 0.00722. The van der Waals surface area contributed by atoms with E-state index in [4.69, 9.17) is 4.74 Å². The van der Waals surface area contributed by atoms with E-state index in [9.17, 15) is 24.3 Å². The van der Waals surface area contributed by atoms with Crippen LogP contribution in [0.1, 0.15) is 26.3 Å². The van der Waals surface area contributed by atoms with Gasteiger partial charge in [-0.15, -0.1) is 0 Å². The van der Waals surface area contributed by atoms with Crippen molar-refractivity contribution in [1.82, 2.24) is 10.6 Å². The van der Waals surface area contributed by atoms with E-state index in [1.165, 1.54) is 31.4 Å². The topological polar surface area (TPSA) is 137 Å². The molecule has 0 saturated carbocycles. The number of carbonyl (C=O) groups is 4. The van der Waals surface area contributed by atoms with Gasteiger partial charge in [0.2, 0.25) is 0 Å². The Labute approximate surface area is 201 Å². The Hall–Kier alpha value is -4.92. The molecule has 3 amide bonds. The first kappa shape index (κ1) is 24.7. The first-order valence-electron chi connectivity index (χ1n) is 10.5. The molecule has 0 aliphatic carbocycles. The van der Waals surface area contributed by atoms with Crippen molar-refractivity contribution in [2.45, 2.75) is 0 Å². The Morgan fingerprint density at radius 3 is 2.03 bits per heavy atom. The third kappa shape index (κ3) is 7.29. The van der Waals surface area contributed by atoms with Crippen LogP contribution in [0.25, 0.3) is 6.08 Å². The third-order valence-electron chi connectivity index (χ3n) is 4.75. The van der Waals surface area contributed by atoms with E-state index in [2.05, 4.69) is 16.0 Å². The Bertz CT molecular complexity index is 1240. The van der Waals surface area contributed by atoms with Crippen molar-refractivity contribution in [3.05, 3.63) is 101 Å². The fourth-order valence-corrected chi connectivity index (χ4v) is 2.97. The third-order valence-corrected chi connectivity index (χ3v) is 4.75. The number of methoxy groups -OCH3 is 1. The number of aliphatic carboxylic acids is 1. The van der Waals surface area contributed by atoms with Gasteiger partial charge in [-0.05, 0) is 60.2 Å².